The molecule has 0 amide bonds. The minimum Gasteiger partial charge on any atom is -0.298 e. The number of hydrogen-bond donors (Lipinski definition) is 0. The summed E-state index contributed by atoms with van der Waals surface area (Å²) in [7, 11) is 0. The molecular weight excluding hydrogens is 184 g/mol. The molecule has 1 nitrogen and oxygen atoms in total. The van der Waals surface area contributed by atoms with E-state index < -0.39 is 0 Å². The van der Waals surface area contributed by atoms with Gasteiger partial charge >= 0.3 is 0 Å². The smallest absolute Gasteiger partial charge is 0.150 e. The SMILES string of the molecule is CC1=CCC(c2ccccc2C=O)=C1C. The van der Waals surface area contributed by atoms with Crippen molar-refractivity contribution in [2.24, 2.45) is 0 Å². The Kier molecular flexibility index (Phi) is 2.55. The predicted octanol–water partition coefficient (Wildman–Crippen LogP) is 3.62. The maximum atomic E-state index is 10.9. The van der Waals surface area contributed by atoms with Crippen LogP contribution in [-0.4, -0.2) is 6.29 Å². The molecule has 1 aromatic carbocycles. The highest BCUT2D eigenvalue weighted by Crippen LogP contribution is 2.34. The topological polar surface area (TPSA) is 17.1 Å². The van der Waals surface area contributed by atoms with Crippen LogP contribution in [0.5, 0.6) is 0 Å². The van der Waals surface area contributed by atoms with Crippen LogP contribution in [-0.2, 0) is 0 Å². The molecule has 1 aliphatic carbocycles. The average Bonchev–Trinajstić information content (AvgIpc) is 2.60. The van der Waals surface area contributed by atoms with Crippen molar-refractivity contribution in [3.8, 4) is 0 Å². The quantitative estimate of drug-likeness (QED) is 0.663. The van der Waals surface area contributed by atoms with Crippen LogP contribution < -0.4 is 0 Å². The van der Waals surface area contributed by atoms with Gasteiger partial charge in [0, 0.05) is 5.56 Å². The Morgan fingerprint density at radius 1 is 1.20 bits per heavy atom. The van der Waals surface area contributed by atoms with Gasteiger partial charge in [-0.15, -0.1) is 0 Å². The lowest BCUT2D eigenvalue weighted by Crippen LogP contribution is -1.91. The van der Waals surface area contributed by atoms with Crippen LogP contribution in [0.25, 0.3) is 5.57 Å². The summed E-state index contributed by atoms with van der Waals surface area (Å²) >= 11 is 0. The number of carbonyl (C=O) groups is 1. The first-order valence-electron chi connectivity index (χ1n) is 5.15. The zero-order chi connectivity index (χ0) is 10.8. The molecule has 2 rings (SSSR count). The molecule has 0 saturated carbocycles. The summed E-state index contributed by atoms with van der Waals surface area (Å²) in [5.41, 5.74) is 5.79. The van der Waals surface area contributed by atoms with Crippen molar-refractivity contribution in [1.82, 2.24) is 0 Å². The first kappa shape index (κ1) is 9.91. The van der Waals surface area contributed by atoms with Gasteiger partial charge in [-0.1, -0.05) is 35.9 Å². The van der Waals surface area contributed by atoms with Crippen LogP contribution in [0.3, 0.4) is 0 Å². The van der Waals surface area contributed by atoms with Crippen LogP contribution in [0.4, 0.5) is 0 Å². The van der Waals surface area contributed by atoms with Crippen LogP contribution in [0.15, 0.2) is 41.5 Å². The molecule has 1 heteroatoms. The molecule has 0 unspecified atom stereocenters. The monoisotopic (exact) mass is 198 g/mol. The van der Waals surface area contributed by atoms with Gasteiger partial charge in [0.2, 0.25) is 0 Å². The molecule has 0 bridgehead atoms. The van der Waals surface area contributed by atoms with Crippen molar-refractivity contribution in [2.75, 3.05) is 0 Å². The Morgan fingerprint density at radius 3 is 2.53 bits per heavy atom. The molecule has 0 radical (unpaired) electrons. The third-order valence-electron chi connectivity index (χ3n) is 3.07. The fraction of sp³-hybridized carbons (Fsp3) is 0.214. The van der Waals surface area contributed by atoms with Gasteiger partial charge in [0.15, 0.2) is 6.29 Å². The highest BCUT2D eigenvalue weighted by Gasteiger charge is 2.14. The van der Waals surface area contributed by atoms with Crippen LogP contribution in [0.1, 0.15) is 36.2 Å². The Labute approximate surface area is 90.1 Å². The summed E-state index contributed by atoms with van der Waals surface area (Å²) in [6, 6.07) is 7.78. The lowest BCUT2D eigenvalue weighted by molar-refractivity contribution is 0.112. The van der Waals surface area contributed by atoms with Crippen molar-refractivity contribution in [3.05, 3.63) is 52.6 Å². The Morgan fingerprint density at radius 2 is 1.93 bits per heavy atom. The number of hydrogen-bond acceptors (Lipinski definition) is 1. The second-order valence-corrected chi connectivity index (χ2v) is 3.90. The van der Waals surface area contributed by atoms with E-state index in [9.17, 15) is 4.79 Å². The van der Waals surface area contributed by atoms with Gasteiger partial charge in [0.1, 0.15) is 0 Å². The van der Waals surface area contributed by atoms with Gasteiger partial charge in [0.05, 0.1) is 0 Å². The summed E-state index contributed by atoms with van der Waals surface area (Å²) < 4.78 is 0. The molecular formula is C14H14O. The summed E-state index contributed by atoms with van der Waals surface area (Å²) in [6.45, 7) is 4.24. The summed E-state index contributed by atoms with van der Waals surface area (Å²) in [5.74, 6) is 0. The van der Waals surface area contributed by atoms with Crippen molar-refractivity contribution in [2.45, 2.75) is 20.3 Å². The normalized spacial score (nSPS) is 15.5. The first-order chi connectivity index (χ1) is 7.24. The second-order valence-electron chi connectivity index (χ2n) is 3.90. The van der Waals surface area contributed by atoms with Gasteiger partial charge in [-0.25, -0.2) is 0 Å². The zero-order valence-electron chi connectivity index (χ0n) is 9.08. The molecule has 0 aliphatic heterocycles. The third-order valence-corrected chi connectivity index (χ3v) is 3.07. The van der Waals surface area contributed by atoms with Crippen molar-refractivity contribution in [1.29, 1.82) is 0 Å². The minimum absolute atomic E-state index is 0.787. The van der Waals surface area contributed by atoms with Gasteiger partial charge in [-0.3, -0.25) is 4.79 Å². The standard InChI is InChI=1S/C14H14O/c1-10-7-8-13(11(10)2)14-6-4-3-5-12(14)9-15/h3-7,9H,8H2,1-2H3. The molecule has 15 heavy (non-hydrogen) atoms. The molecule has 0 saturated heterocycles. The zero-order valence-corrected chi connectivity index (χ0v) is 9.08. The molecule has 0 fully saturated rings. The van der Waals surface area contributed by atoms with E-state index in [4.69, 9.17) is 0 Å². The number of rotatable bonds is 2. The Hall–Kier alpha value is -1.63. The van der Waals surface area contributed by atoms with E-state index in [-0.39, 0.29) is 0 Å². The van der Waals surface area contributed by atoms with Gasteiger partial charge < -0.3 is 0 Å². The minimum atomic E-state index is 0.787. The van der Waals surface area contributed by atoms with E-state index in [1.54, 1.807) is 0 Å². The van der Waals surface area contributed by atoms with Crippen LogP contribution in [0.2, 0.25) is 0 Å². The lowest BCUT2D eigenvalue weighted by Gasteiger charge is -2.07. The van der Waals surface area contributed by atoms with E-state index in [2.05, 4.69) is 19.9 Å². The molecule has 1 aliphatic rings. The highest BCUT2D eigenvalue weighted by atomic mass is 16.1. The van der Waals surface area contributed by atoms with E-state index >= 15 is 0 Å². The van der Waals surface area contributed by atoms with Crippen molar-refractivity contribution >= 4 is 11.9 Å². The van der Waals surface area contributed by atoms with Crippen LogP contribution >= 0.6 is 0 Å². The number of carbonyl (C=O) groups excluding carboxylic acids is 1. The molecule has 0 spiro atoms. The van der Waals surface area contributed by atoms with Crippen molar-refractivity contribution < 1.29 is 4.79 Å². The summed E-state index contributed by atoms with van der Waals surface area (Å²) in [4.78, 5) is 10.9. The maximum Gasteiger partial charge on any atom is 0.150 e. The highest BCUT2D eigenvalue weighted by molar-refractivity contribution is 5.88. The van der Waals surface area contributed by atoms with Gasteiger partial charge in [0.25, 0.3) is 0 Å². The Balaban J connectivity index is 2.52. The first-order valence-corrected chi connectivity index (χ1v) is 5.15. The predicted molar refractivity (Wildman–Crippen MR) is 62.8 cm³/mol. The van der Waals surface area contributed by atoms with Gasteiger partial charge in [-0.2, -0.15) is 0 Å². The Bertz CT molecular complexity index is 464. The lowest BCUT2D eigenvalue weighted by atomic mass is 9.96. The molecule has 0 aromatic heterocycles. The average molecular weight is 198 g/mol. The van der Waals surface area contributed by atoms with Crippen molar-refractivity contribution in [3.63, 3.8) is 0 Å². The maximum absolute atomic E-state index is 10.9. The van der Waals surface area contributed by atoms with E-state index in [0.717, 1.165) is 23.8 Å². The fourth-order valence-corrected chi connectivity index (χ4v) is 1.99. The molecule has 0 N–H and O–H groups in total. The molecule has 1 aromatic rings. The molecule has 76 valence electrons. The second kappa shape index (κ2) is 3.85. The van der Waals surface area contributed by atoms with E-state index in [1.807, 2.05) is 24.3 Å². The van der Waals surface area contributed by atoms with E-state index in [0.29, 0.717) is 0 Å². The summed E-state index contributed by atoms with van der Waals surface area (Å²) in [6.07, 6.45) is 4.10. The van der Waals surface area contributed by atoms with Crippen LogP contribution in [0, 0.1) is 0 Å². The largest absolute Gasteiger partial charge is 0.298 e. The molecule has 0 atom stereocenters. The summed E-state index contributed by atoms with van der Waals surface area (Å²) in [5, 5.41) is 0. The molecule has 0 heterocycles. The third kappa shape index (κ3) is 1.65. The number of aldehydes is 1. The van der Waals surface area contributed by atoms with E-state index in [1.165, 1.54) is 16.7 Å². The number of allylic oxidation sites excluding steroid dienone is 4. The van der Waals surface area contributed by atoms with Gasteiger partial charge in [-0.05, 0) is 37.0 Å². The fourth-order valence-electron chi connectivity index (χ4n) is 1.99. The number of benzene rings is 1.